The molecule has 1 fully saturated rings. The van der Waals surface area contributed by atoms with Crippen LogP contribution in [0.4, 0.5) is 32.0 Å². The van der Waals surface area contributed by atoms with Gasteiger partial charge in [-0.2, -0.15) is 22.0 Å². The lowest BCUT2D eigenvalue weighted by molar-refractivity contribution is -0.156. The maximum atomic E-state index is 14.2. The molecule has 0 saturated heterocycles. The van der Waals surface area contributed by atoms with E-state index in [0.29, 0.717) is 25.3 Å². The number of rotatable bonds is 8. The summed E-state index contributed by atoms with van der Waals surface area (Å²) in [5.74, 6) is -2.46. The number of carboxylic acid groups (broad SMARTS) is 1. The minimum Gasteiger partial charge on any atom is -0.486 e. The number of carbonyl (C=O) groups is 1. The fourth-order valence-corrected chi connectivity index (χ4v) is 6.78. The molecule has 0 radical (unpaired) electrons. The number of anilines is 1. The highest BCUT2D eigenvalue weighted by atomic mass is 32.2. The van der Waals surface area contributed by atoms with Crippen LogP contribution >= 0.6 is 0 Å². The number of aliphatic carboxylic acids is 1. The zero-order valence-corrected chi connectivity index (χ0v) is 22.4. The molecule has 1 atom stereocenters. The van der Waals surface area contributed by atoms with E-state index in [4.69, 9.17) is 4.74 Å². The molecule has 0 amide bonds. The SMILES string of the molecule is O=C(O)C1(CC2CN(S(=O)(=O)c3cccc(C(F)(F)F)c3)c3cc(-c4cc(F)cc(OC(F)F)c4)ccc3O2)CCC1. The number of hydrogen-bond acceptors (Lipinski definition) is 5. The first-order chi connectivity index (χ1) is 19.7. The van der Waals surface area contributed by atoms with Crippen molar-refractivity contribution in [3.63, 3.8) is 0 Å². The minimum absolute atomic E-state index is 0.00845. The summed E-state index contributed by atoms with van der Waals surface area (Å²) in [6.45, 7) is -3.65. The van der Waals surface area contributed by atoms with E-state index in [2.05, 4.69) is 4.74 Å². The van der Waals surface area contributed by atoms with Crippen molar-refractivity contribution in [2.24, 2.45) is 5.41 Å². The molecule has 1 heterocycles. The smallest absolute Gasteiger partial charge is 0.416 e. The highest BCUT2D eigenvalue weighted by molar-refractivity contribution is 7.92. The zero-order valence-electron chi connectivity index (χ0n) is 21.6. The molecule has 224 valence electrons. The first-order valence-electron chi connectivity index (χ1n) is 12.7. The second kappa shape index (κ2) is 10.7. The average Bonchev–Trinajstić information content (AvgIpc) is 2.88. The van der Waals surface area contributed by atoms with Crippen molar-refractivity contribution < 1.29 is 54.1 Å². The lowest BCUT2D eigenvalue weighted by atomic mass is 9.65. The fourth-order valence-electron chi connectivity index (χ4n) is 5.23. The largest absolute Gasteiger partial charge is 0.486 e. The summed E-state index contributed by atoms with van der Waals surface area (Å²) in [4.78, 5) is 11.3. The Hall–Kier alpha value is -3.94. The van der Waals surface area contributed by atoms with E-state index in [1.807, 2.05) is 0 Å². The molecule has 0 spiro atoms. The minimum atomic E-state index is -4.82. The summed E-state index contributed by atoms with van der Waals surface area (Å²) >= 11 is 0. The molecular formula is C28H23F6NO6S. The quantitative estimate of drug-likeness (QED) is 0.283. The number of halogens is 6. The Morgan fingerprint density at radius 1 is 1.07 bits per heavy atom. The van der Waals surface area contributed by atoms with Crippen molar-refractivity contribution in [1.82, 2.24) is 0 Å². The molecule has 5 rings (SSSR count). The first kappa shape index (κ1) is 29.5. The molecule has 1 aliphatic heterocycles. The molecule has 2 aliphatic rings. The number of hydrogen-bond donors (Lipinski definition) is 1. The van der Waals surface area contributed by atoms with Crippen LogP contribution in [0.15, 0.2) is 65.6 Å². The fraction of sp³-hybridized carbons (Fsp3) is 0.321. The first-order valence-corrected chi connectivity index (χ1v) is 14.1. The van der Waals surface area contributed by atoms with Crippen LogP contribution in [0.25, 0.3) is 11.1 Å². The standard InChI is InChI=1S/C28H23F6NO6S/c29-19-9-17(10-20(13-19)41-26(30)31)16-5-6-24-23(11-16)35(15-21(40-24)14-27(25(36)37)7-2-8-27)42(38,39)22-4-1-3-18(12-22)28(32,33)34/h1,3-6,9-13,21,26H,2,7-8,14-15H2,(H,36,37). The van der Waals surface area contributed by atoms with Gasteiger partial charge in [0.15, 0.2) is 0 Å². The molecule has 0 aromatic heterocycles. The van der Waals surface area contributed by atoms with Gasteiger partial charge in [0.25, 0.3) is 10.0 Å². The number of sulfonamides is 1. The predicted octanol–water partition coefficient (Wildman–Crippen LogP) is 6.71. The number of fused-ring (bicyclic) bond motifs is 1. The van der Waals surface area contributed by atoms with Gasteiger partial charge in [-0.05, 0) is 66.4 Å². The molecule has 1 aliphatic carbocycles. The van der Waals surface area contributed by atoms with E-state index in [9.17, 15) is 44.7 Å². The molecule has 3 aromatic carbocycles. The summed E-state index contributed by atoms with van der Waals surface area (Å²) in [6.07, 6.45) is -4.45. The lowest BCUT2D eigenvalue weighted by Gasteiger charge is -2.43. The maximum absolute atomic E-state index is 14.2. The number of carboxylic acids is 1. The van der Waals surface area contributed by atoms with E-state index in [-0.39, 0.29) is 29.0 Å². The van der Waals surface area contributed by atoms with Crippen LogP contribution in [0.1, 0.15) is 31.2 Å². The third-order valence-corrected chi connectivity index (χ3v) is 9.23. The van der Waals surface area contributed by atoms with Gasteiger partial charge in [-0.15, -0.1) is 0 Å². The van der Waals surface area contributed by atoms with Crippen molar-refractivity contribution in [2.45, 2.75) is 49.5 Å². The predicted molar refractivity (Wildman–Crippen MR) is 137 cm³/mol. The van der Waals surface area contributed by atoms with Gasteiger partial charge >= 0.3 is 18.8 Å². The number of nitrogens with zero attached hydrogens (tertiary/aromatic N) is 1. The summed E-state index contributed by atoms with van der Waals surface area (Å²) in [5, 5.41) is 9.80. The number of benzene rings is 3. The Balaban J connectivity index is 1.60. The van der Waals surface area contributed by atoms with Crippen LogP contribution in [-0.4, -0.2) is 38.8 Å². The zero-order chi connectivity index (χ0) is 30.4. The van der Waals surface area contributed by atoms with E-state index < -0.39 is 68.9 Å². The molecule has 14 heteroatoms. The van der Waals surface area contributed by atoms with Crippen LogP contribution in [0.5, 0.6) is 11.5 Å². The second-order valence-corrected chi connectivity index (χ2v) is 12.0. The van der Waals surface area contributed by atoms with Gasteiger partial charge in [-0.1, -0.05) is 18.6 Å². The van der Waals surface area contributed by atoms with Gasteiger partial charge in [0.1, 0.15) is 23.4 Å². The average molecular weight is 616 g/mol. The van der Waals surface area contributed by atoms with Gasteiger partial charge in [-0.25, -0.2) is 12.8 Å². The van der Waals surface area contributed by atoms with E-state index in [1.165, 1.54) is 18.2 Å². The van der Waals surface area contributed by atoms with Gasteiger partial charge in [0.05, 0.1) is 28.1 Å². The third kappa shape index (κ3) is 5.72. The Morgan fingerprint density at radius 2 is 1.81 bits per heavy atom. The summed E-state index contributed by atoms with van der Waals surface area (Å²) in [6, 6.07) is 10.1. The topological polar surface area (TPSA) is 93.1 Å². The molecule has 1 N–H and O–H groups in total. The number of alkyl halides is 5. The Kier molecular flexibility index (Phi) is 7.54. The van der Waals surface area contributed by atoms with Crippen molar-refractivity contribution >= 4 is 21.7 Å². The van der Waals surface area contributed by atoms with E-state index >= 15 is 0 Å². The van der Waals surface area contributed by atoms with Gasteiger partial charge in [0, 0.05) is 12.5 Å². The lowest BCUT2D eigenvalue weighted by Crippen LogP contribution is -2.49. The Labute approximate surface area is 236 Å². The van der Waals surface area contributed by atoms with Crippen LogP contribution in [0.2, 0.25) is 0 Å². The van der Waals surface area contributed by atoms with Gasteiger partial charge in [-0.3, -0.25) is 9.10 Å². The number of ether oxygens (including phenoxy) is 2. The van der Waals surface area contributed by atoms with Crippen LogP contribution in [-0.2, 0) is 21.0 Å². The van der Waals surface area contributed by atoms with Crippen LogP contribution in [0, 0.1) is 11.2 Å². The third-order valence-electron chi connectivity index (χ3n) is 7.45. The normalized spacial score (nSPS) is 18.2. The highest BCUT2D eigenvalue weighted by Gasteiger charge is 2.48. The maximum Gasteiger partial charge on any atom is 0.416 e. The molecule has 0 bridgehead atoms. The molecule has 1 saturated carbocycles. The molecule has 3 aromatic rings. The highest BCUT2D eigenvalue weighted by Crippen LogP contribution is 2.48. The molecular weight excluding hydrogens is 592 g/mol. The monoisotopic (exact) mass is 615 g/mol. The summed E-state index contributed by atoms with van der Waals surface area (Å²) in [7, 11) is -4.68. The Morgan fingerprint density at radius 3 is 2.43 bits per heavy atom. The van der Waals surface area contributed by atoms with Crippen LogP contribution in [0.3, 0.4) is 0 Å². The van der Waals surface area contributed by atoms with Gasteiger partial charge in [0.2, 0.25) is 0 Å². The van der Waals surface area contributed by atoms with E-state index in [0.717, 1.165) is 40.7 Å². The van der Waals surface area contributed by atoms with Gasteiger partial charge < -0.3 is 14.6 Å². The van der Waals surface area contributed by atoms with Crippen molar-refractivity contribution in [3.05, 3.63) is 72.0 Å². The van der Waals surface area contributed by atoms with Crippen LogP contribution < -0.4 is 13.8 Å². The summed E-state index contributed by atoms with van der Waals surface area (Å²) < 4.78 is 119. The van der Waals surface area contributed by atoms with Crippen molar-refractivity contribution in [2.75, 3.05) is 10.8 Å². The van der Waals surface area contributed by atoms with Crippen molar-refractivity contribution in [1.29, 1.82) is 0 Å². The van der Waals surface area contributed by atoms with Crippen molar-refractivity contribution in [3.8, 4) is 22.6 Å². The Bertz CT molecular complexity index is 1620. The second-order valence-electron chi connectivity index (χ2n) is 10.2. The van der Waals surface area contributed by atoms with E-state index in [1.54, 1.807) is 0 Å². The summed E-state index contributed by atoms with van der Waals surface area (Å²) in [5.41, 5.74) is -2.21. The molecule has 1 unspecified atom stereocenters. The molecule has 42 heavy (non-hydrogen) atoms. The molecule has 7 nitrogen and oxygen atoms in total.